The van der Waals surface area contributed by atoms with Gasteiger partial charge in [-0.15, -0.1) is 0 Å². The number of ether oxygens (including phenoxy) is 5. The van der Waals surface area contributed by atoms with Crippen LogP contribution >= 0.6 is 19.4 Å². The van der Waals surface area contributed by atoms with Crippen LogP contribution in [0.15, 0.2) is 54.9 Å². The van der Waals surface area contributed by atoms with Gasteiger partial charge in [-0.3, -0.25) is 9.05 Å². The molecule has 2 saturated heterocycles. The molecule has 2 N–H and O–H groups in total. The van der Waals surface area contributed by atoms with Crippen LogP contribution in [0.2, 0.25) is 5.02 Å². The third kappa shape index (κ3) is 14.1. The van der Waals surface area contributed by atoms with Gasteiger partial charge in [0.05, 0.1) is 37.1 Å². The van der Waals surface area contributed by atoms with E-state index in [-0.39, 0.29) is 34.6 Å². The molecule has 0 amide bonds. The molecule has 6 rings (SSSR count). The van der Waals surface area contributed by atoms with Crippen LogP contribution in [-0.4, -0.2) is 71.2 Å². The number of anilines is 1. The molecule has 0 spiro atoms. The summed E-state index contributed by atoms with van der Waals surface area (Å²) < 4.78 is 80.9. The topological polar surface area (TPSA) is 175 Å². The second-order valence-corrected chi connectivity index (χ2v) is 20.0. The average molecular weight is 982 g/mol. The van der Waals surface area contributed by atoms with E-state index >= 15 is 4.39 Å². The molecule has 370 valence electrons. The number of aryl methyl sites for hydroxylation is 1. The molecule has 2 aromatic heterocycles. The van der Waals surface area contributed by atoms with Crippen molar-refractivity contribution >= 4 is 36.4 Å². The van der Waals surface area contributed by atoms with Gasteiger partial charge >= 0.3 is 7.82 Å². The predicted molar refractivity (Wildman–Crippen MR) is 257 cm³/mol. The van der Waals surface area contributed by atoms with Crippen LogP contribution in [-0.2, 0) is 38.2 Å². The molecular weight excluding hydrogens is 914 g/mol. The number of hydrogen-bond acceptors (Lipinski definition) is 13. The maximum atomic E-state index is 15.4. The summed E-state index contributed by atoms with van der Waals surface area (Å²) in [6.07, 6.45) is 17.3. The highest BCUT2D eigenvalue weighted by Crippen LogP contribution is 2.54. The van der Waals surface area contributed by atoms with Crippen molar-refractivity contribution in [2.45, 2.75) is 166 Å². The van der Waals surface area contributed by atoms with Crippen LogP contribution in [0.4, 0.5) is 15.9 Å². The van der Waals surface area contributed by atoms with Crippen molar-refractivity contribution in [1.82, 2.24) is 14.6 Å². The Morgan fingerprint density at radius 2 is 1.59 bits per heavy atom. The molecule has 18 heteroatoms. The first kappa shape index (κ1) is 53.0. The molecule has 4 heterocycles. The number of benzene rings is 2. The lowest BCUT2D eigenvalue weighted by Crippen LogP contribution is -2.40. The van der Waals surface area contributed by atoms with E-state index in [0.717, 1.165) is 25.3 Å². The van der Waals surface area contributed by atoms with Crippen molar-refractivity contribution < 1.29 is 46.2 Å². The fraction of sp³-hybridized carbons (Fsp3) is 0.600. The maximum absolute atomic E-state index is 15.4. The summed E-state index contributed by atoms with van der Waals surface area (Å²) in [7, 11) is -4.67. The van der Waals surface area contributed by atoms with Crippen LogP contribution in [0, 0.1) is 30.6 Å². The molecule has 2 aliphatic rings. The summed E-state index contributed by atoms with van der Waals surface area (Å²) in [5.41, 5.74) is 5.74. The standard InChI is InChI=1S/C50H67ClFN6O9P/c1-6-7-8-9-10-11-12-13-14-15-16-17-18-19-20-23-28-60-31-37(63-43-29-36(2)40(55-5)30-39(43)52)32-61-68(59,67-42-25-22-21-24-38(42)51)62-33-44-46-47(66-49(3,4)65-46)50(34-53,64-44)45-27-26-41-48(54)56-35-57-58(41)45/h21-22,24-27,29-30,35,37,44,46-47H,6-20,23,28,31-33H2,1-4H3,(H2,54,56,57)/t37-,44-,46-,47-,50+,68?/m1/s1. The lowest BCUT2D eigenvalue weighted by atomic mass is 9.92. The Balaban J connectivity index is 1.08. The number of nitriles is 1. The van der Waals surface area contributed by atoms with Crippen LogP contribution in [0.25, 0.3) is 10.4 Å². The number of unbranched alkanes of at least 4 members (excludes halogenated alkanes) is 15. The zero-order valence-corrected chi connectivity index (χ0v) is 41.5. The normalized spacial score (nSPS) is 21.0. The van der Waals surface area contributed by atoms with Crippen molar-refractivity contribution in [3.63, 3.8) is 0 Å². The highest BCUT2D eigenvalue weighted by atomic mass is 35.5. The minimum atomic E-state index is -4.67. The van der Waals surface area contributed by atoms with Gasteiger partial charge in [-0.25, -0.2) is 23.3 Å². The number of phosphoric ester groups is 1. The van der Waals surface area contributed by atoms with E-state index < -0.39 is 62.7 Å². The van der Waals surface area contributed by atoms with Gasteiger partial charge in [0.2, 0.25) is 5.60 Å². The SMILES string of the molecule is [C-]#[N+]c1cc(F)c(O[C@H](COCCCCCCCCCCCCCCCCCC)COP(=O)(OC[C@H]2O[C@@](C#N)(c3ccc4c(N)ncnn34)[C@@H]3OC(C)(C)O[C@@H]32)Oc2ccccc2Cl)cc1C. The Labute approximate surface area is 405 Å². The van der Waals surface area contributed by atoms with E-state index in [1.54, 1.807) is 51.1 Å². The number of rotatable bonds is 30. The molecule has 2 aliphatic heterocycles. The molecule has 68 heavy (non-hydrogen) atoms. The van der Waals surface area contributed by atoms with Crippen molar-refractivity contribution in [2.24, 2.45) is 0 Å². The molecule has 1 unspecified atom stereocenters. The Morgan fingerprint density at radius 3 is 2.24 bits per heavy atom. The third-order valence-corrected chi connectivity index (χ3v) is 13.9. The molecule has 2 aromatic carbocycles. The van der Waals surface area contributed by atoms with Crippen LogP contribution < -0.4 is 15.0 Å². The summed E-state index contributed by atoms with van der Waals surface area (Å²) in [6.45, 7) is 14.2. The lowest BCUT2D eigenvalue weighted by molar-refractivity contribution is -0.204. The largest absolute Gasteiger partial charge is 0.530 e. The number of hydrogen-bond donors (Lipinski definition) is 1. The van der Waals surface area contributed by atoms with E-state index in [4.69, 9.17) is 61.2 Å². The molecule has 0 bridgehead atoms. The number of aromatic nitrogens is 3. The first-order chi connectivity index (χ1) is 32.8. The van der Waals surface area contributed by atoms with E-state index in [1.165, 1.54) is 106 Å². The fourth-order valence-corrected chi connectivity index (χ4v) is 10.1. The number of nitrogens with zero attached hydrogens (tertiary/aromatic N) is 5. The quantitative estimate of drug-likeness (QED) is 0.0297. The highest BCUT2D eigenvalue weighted by Gasteiger charge is 2.65. The van der Waals surface area contributed by atoms with Gasteiger partial charge in [0.1, 0.15) is 48.1 Å². The summed E-state index contributed by atoms with van der Waals surface area (Å²) in [5.74, 6) is -1.84. The van der Waals surface area contributed by atoms with Gasteiger partial charge in [0, 0.05) is 6.61 Å². The maximum Gasteiger partial charge on any atom is 0.530 e. The Hall–Kier alpha value is -4.35. The minimum absolute atomic E-state index is 0.00113. The zero-order chi connectivity index (χ0) is 48.6. The summed E-state index contributed by atoms with van der Waals surface area (Å²) >= 11 is 6.47. The van der Waals surface area contributed by atoms with E-state index in [0.29, 0.717) is 23.4 Å². The van der Waals surface area contributed by atoms with E-state index in [1.807, 2.05) is 0 Å². The van der Waals surface area contributed by atoms with E-state index in [2.05, 4.69) is 27.9 Å². The average Bonchev–Trinajstić information content (AvgIpc) is 3.99. The van der Waals surface area contributed by atoms with Gasteiger partial charge in [0.15, 0.2) is 28.9 Å². The number of halogens is 2. The number of fused-ring (bicyclic) bond motifs is 2. The Bertz CT molecular complexity index is 2380. The molecule has 2 fully saturated rings. The van der Waals surface area contributed by atoms with Crippen molar-refractivity contribution in [1.29, 1.82) is 5.26 Å². The third-order valence-electron chi connectivity index (χ3n) is 12.2. The first-order valence-electron chi connectivity index (χ1n) is 24.1. The zero-order valence-electron chi connectivity index (χ0n) is 39.8. The van der Waals surface area contributed by atoms with Crippen LogP contribution in [0.5, 0.6) is 11.5 Å². The molecule has 15 nitrogen and oxygen atoms in total. The van der Waals surface area contributed by atoms with Gasteiger partial charge in [-0.1, -0.05) is 127 Å². The summed E-state index contributed by atoms with van der Waals surface area (Å²) in [6, 6.07) is 14.5. The van der Waals surface area contributed by atoms with Crippen molar-refractivity contribution in [3.05, 3.63) is 88.4 Å². The molecule has 0 aliphatic carbocycles. The molecule has 0 saturated carbocycles. The van der Waals surface area contributed by atoms with Gasteiger partial charge in [-0.2, -0.15) is 10.4 Å². The number of nitrogen functional groups attached to an aromatic ring is 1. The van der Waals surface area contributed by atoms with Gasteiger partial charge in [0.25, 0.3) is 0 Å². The monoisotopic (exact) mass is 980 g/mol. The summed E-state index contributed by atoms with van der Waals surface area (Å²) in [4.78, 5) is 7.44. The number of para-hydroxylation sites is 1. The first-order valence-corrected chi connectivity index (χ1v) is 25.9. The summed E-state index contributed by atoms with van der Waals surface area (Å²) in [5, 5.41) is 15.3. The molecule has 4 aromatic rings. The van der Waals surface area contributed by atoms with Crippen molar-refractivity contribution in [2.75, 3.05) is 32.2 Å². The second kappa shape index (κ2) is 25.5. The predicted octanol–water partition coefficient (Wildman–Crippen LogP) is 12.5. The minimum Gasteiger partial charge on any atom is -0.483 e. The Morgan fingerprint density at radius 1 is 0.926 bits per heavy atom. The second-order valence-electron chi connectivity index (χ2n) is 18.0. The van der Waals surface area contributed by atoms with Crippen LogP contribution in [0.1, 0.15) is 135 Å². The molecular formula is C50H67ClFN6O9P. The van der Waals surface area contributed by atoms with E-state index in [9.17, 15) is 9.83 Å². The molecule has 6 atom stereocenters. The lowest BCUT2D eigenvalue weighted by Gasteiger charge is -2.29. The number of nitrogens with two attached hydrogens (primary N) is 1. The van der Waals surface area contributed by atoms with Crippen molar-refractivity contribution in [3.8, 4) is 17.6 Å². The fourth-order valence-electron chi connectivity index (χ4n) is 8.65. The van der Waals surface area contributed by atoms with Crippen LogP contribution in [0.3, 0.4) is 0 Å². The molecule has 0 radical (unpaired) electrons. The Kier molecular flexibility index (Phi) is 19.9. The number of phosphoric acid groups is 1. The highest BCUT2D eigenvalue weighted by molar-refractivity contribution is 7.49. The van der Waals surface area contributed by atoms with Gasteiger partial charge in [-0.05, 0) is 69.2 Å². The smallest absolute Gasteiger partial charge is 0.483 e. The van der Waals surface area contributed by atoms with Gasteiger partial charge < -0.3 is 33.9 Å².